The van der Waals surface area contributed by atoms with Crippen LogP contribution in [-0.2, 0) is 6.54 Å². The zero-order valence-corrected chi connectivity index (χ0v) is 14.2. The number of hydrogen-bond donors (Lipinski definition) is 0. The van der Waals surface area contributed by atoms with Crippen LogP contribution in [0.25, 0.3) is 5.82 Å². The maximum absolute atomic E-state index is 12.2. The fraction of sp³-hybridized carbons (Fsp3) is 0.353. The molecule has 0 unspecified atom stereocenters. The molecule has 8 heteroatoms. The minimum Gasteiger partial charge on any atom is -0.340 e. The van der Waals surface area contributed by atoms with Gasteiger partial charge in [-0.3, -0.25) is 4.79 Å². The number of rotatable bonds is 4. The highest BCUT2D eigenvalue weighted by Crippen LogP contribution is 2.21. The molecule has 1 aliphatic heterocycles. The molecule has 0 amide bonds. The standard InChI is InChI=1S/C17H19N7O/c1-12-8-13(2)24(20-12)15-4-5-16(25)23(21-15)11-14-9-22(10-14)17-18-6-3-7-19-17/h3-8,14H,9-11H2,1-2H3. The van der Waals surface area contributed by atoms with Crippen molar-refractivity contribution < 1.29 is 0 Å². The molecule has 0 radical (unpaired) electrons. The number of aromatic nitrogens is 6. The van der Waals surface area contributed by atoms with E-state index in [-0.39, 0.29) is 5.56 Å². The Balaban J connectivity index is 1.49. The minimum atomic E-state index is -0.0975. The Labute approximate surface area is 144 Å². The molecule has 25 heavy (non-hydrogen) atoms. The van der Waals surface area contributed by atoms with E-state index in [1.807, 2.05) is 19.9 Å². The molecule has 4 rings (SSSR count). The van der Waals surface area contributed by atoms with E-state index < -0.39 is 0 Å². The average Bonchev–Trinajstić information content (AvgIpc) is 2.91. The minimum absolute atomic E-state index is 0.0975. The van der Waals surface area contributed by atoms with Crippen molar-refractivity contribution in [2.75, 3.05) is 18.0 Å². The van der Waals surface area contributed by atoms with Crippen LogP contribution in [-0.4, -0.2) is 42.6 Å². The van der Waals surface area contributed by atoms with Crippen molar-refractivity contribution in [3.05, 3.63) is 58.4 Å². The average molecular weight is 337 g/mol. The fourth-order valence-electron chi connectivity index (χ4n) is 3.09. The lowest BCUT2D eigenvalue weighted by Crippen LogP contribution is -2.50. The molecule has 4 heterocycles. The van der Waals surface area contributed by atoms with Crippen molar-refractivity contribution in [3.8, 4) is 5.82 Å². The Hall–Kier alpha value is -3.03. The van der Waals surface area contributed by atoms with Crippen molar-refractivity contribution in [2.45, 2.75) is 20.4 Å². The van der Waals surface area contributed by atoms with Gasteiger partial charge in [0.15, 0.2) is 5.82 Å². The number of hydrogen-bond acceptors (Lipinski definition) is 6. The molecule has 8 nitrogen and oxygen atoms in total. The predicted octanol–water partition coefficient (Wildman–Crippen LogP) is 0.972. The first kappa shape index (κ1) is 15.5. The first-order valence-electron chi connectivity index (χ1n) is 8.24. The molecule has 3 aromatic rings. The van der Waals surface area contributed by atoms with Crippen molar-refractivity contribution >= 4 is 5.95 Å². The number of nitrogens with zero attached hydrogens (tertiary/aromatic N) is 7. The van der Waals surface area contributed by atoms with E-state index in [0.717, 1.165) is 30.4 Å². The molecular formula is C17H19N7O. The summed E-state index contributed by atoms with van der Waals surface area (Å²) in [5.74, 6) is 1.74. The van der Waals surface area contributed by atoms with E-state index in [1.54, 1.807) is 35.3 Å². The Morgan fingerprint density at radius 3 is 2.56 bits per heavy atom. The van der Waals surface area contributed by atoms with Gasteiger partial charge in [-0.2, -0.15) is 5.10 Å². The van der Waals surface area contributed by atoms with Gasteiger partial charge in [-0.1, -0.05) is 0 Å². The van der Waals surface area contributed by atoms with E-state index in [2.05, 4.69) is 25.1 Å². The summed E-state index contributed by atoms with van der Waals surface area (Å²) in [6.45, 7) is 6.13. The second-order valence-corrected chi connectivity index (χ2v) is 6.37. The van der Waals surface area contributed by atoms with Crippen molar-refractivity contribution in [2.24, 2.45) is 5.92 Å². The summed E-state index contributed by atoms with van der Waals surface area (Å²) < 4.78 is 3.29. The first-order chi connectivity index (χ1) is 12.1. The highest BCUT2D eigenvalue weighted by molar-refractivity contribution is 5.32. The SMILES string of the molecule is Cc1cc(C)n(-c2ccc(=O)n(CC3CN(c4ncccn4)C3)n2)n1. The summed E-state index contributed by atoms with van der Waals surface area (Å²) in [6.07, 6.45) is 3.47. The molecular weight excluding hydrogens is 318 g/mol. The Kier molecular flexibility index (Phi) is 3.79. The summed E-state index contributed by atoms with van der Waals surface area (Å²) in [7, 11) is 0. The molecule has 1 aliphatic rings. The molecule has 0 bridgehead atoms. The lowest BCUT2D eigenvalue weighted by Gasteiger charge is -2.39. The molecule has 0 N–H and O–H groups in total. The Bertz CT molecular complexity index is 941. The summed E-state index contributed by atoms with van der Waals surface area (Å²) in [6, 6.07) is 7.05. The summed E-state index contributed by atoms with van der Waals surface area (Å²) in [5.41, 5.74) is 1.82. The Morgan fingerprint density at radius 1 is 1.12 bits per heavy atom. The predicted molar refractivity (Wildman–Crippen MR) is 92.8 cm³/mol. The van der Waals surface area contributed by atoms with Crippen LogP contribution in [0.2, 0.25) is 0 Å². The zero-order chi connectivity index (χ0) is 17.4. The normalized spacial score (nSPS) is 14.6. The molecule has 0 spiro atoms. The fourth-order valence-corrected chi connectivity index (χ4v) is 3.09. The highest BCUT2D eigenvalue weighted by Gasteiger charge is 2.29. The summed E-state index contributed by atoms with van der Waals surface area (Å²) in [5, 5.41) is 8.92. The molecule has 3 aromatic heterocycles. The van der Waals surface area contributed by atoms with Crippen molar-refractivity contribution in [3.63, 3.8) is 0 Å². The van der Waals surface area contributed by atoms with Gasteiger partial charge < -0.3 is 4.90 Å². The third-order valence-corrected chi connectivity index (χ3v) is 4.30. The highest BCUT2D eigenvalue weighted by atomic mass is 16.1. The van der Waals surface area contributed by atoms with Gasteiger partial charge in [0.2, 0.25) is 5.95 Å². The van der Waals surface area contributed by atoms with Crippen molar-refractivity contribution in [1.82, 2.24) is 29.5 Å². The van der Waals surface area contributed by atoms with Gasteiger partial charge in [-0.15, -0.1) is 5.10 Å². The lowest BCUT2D eigenvalue weighted by atomic mass is 10.0. The Morgan fingerprint density at radius 2 is 1.88 bits per heavy atom. The van der Waals surface area contributed by atoms with E-state index in [1.165, 1.54) is 4.68 Å². The van der Waals surface area contributed by atoms with Crippen LogP contribution in [0, 0.1) is 19.8 Å². The van der Waals surface area contributed by atoms with Crippen LogP contribution in [0.15, 0.2) is 41.5 Å². The second kappa shape index (κ2) is 6.12. The quantitative estimate of drug-likeness (QED) is 0.706. The zero-order valence-electron chi connectivity index (χ0n) is 14.2. The first-order valence-corrected chi connectivity index (χ1v) is 8.24. The van der Waals surface area contributed by atoms with Crippen molar-refractivity contribution in [1.29, 1.82) is 0 Å². The molecule has 128 valence electrons. The van der Waals surface area contributed by atoms with Crippen LogP contribution in [0.4, 0.5) is 5.95 Å². The van der Waals surface area contributed by atoms with Crippen LogP contribution in [0.1, 0.15) is 11.4 Å². The molecule has 0 aliphatic carbocycles. The molecule has 0 atom stereocenters. The topological polar surface area (TPSA) is 81.7 Å². The maximum Gasteiger partial charge on any atom is 0.266 e. The lowest BCUT2D eigenvalue weighted by molar-refractivity contribution is 0.330. The van der Waals surface area contributed by atoms with Crippen LogP contribution < -0.4 is 10.5 Å². The smallest absolute Gasteiger partial charge is 0.266 e. The van der Waals surface area contributed by atoms with Crippen LogP contribution >= 0.6 is 0 Å². The number of aryl methyl sites for hydroxylation is 2. The van der Waals surface area contributed by atoms with E-state index in [4.69, 9.17) is 0 Å². The number of anilines is 1. The molecule has 0 saturated carbocycles. The van der Waals surface area contributed by atoms with Gasteiger partial charge in [0.05, 0.1) is 12.2 Å². The van der Waals surface area contributed by atoms with Gasteiger partial charge >= 0.3 is 0 Å². The molecule has 0 aromatic carbocycles. The summed E-state index contributed by atoms with van der Waals surface area (Å²) in [4.78, 5) is 22.7. The monoisotopic (exact) mass is 337 g/mol. The largest absolute Gasteiger partial charge is 0.340 e. The third kappa shape index (κ3) is 3.02. The van der Waals surface area contributed by atoms with Gasteiger partial charge in [0, 0.05) is 43.2 Å². The maximum atomic E-state index is 12.2. The second-order valence-electron chi connectivity index (χ2n) is 6.37. The van der Waals surface area contributed by atoms with E-state index in [0.29, 0.717) is 18.3 Å². The van der Waals surface area contributed by atoms with E-state index >= 15 is 0 Å². The van der Waals surface area contributed by atoms with Crippen LogP contribution in [0.3, 0.4) is 0 Å². The molecule has 1 fully saturated rings. The third-order valence-electron chi connectivity index (χ3n) is 4.30. The molecule has 1 saturated heterocycles. The summed E-state index contributed by atoms with van der Waals surface area (Å²) >= 11 is 0. The van der Waals surface area contributed by atoms with E-state index in [9.17, 15) is 4.79 Å². The van der Waals surface area contributed by atoms with Gasteiger partial charge in [0.1, 0.15) is 0 Å². The van der Waals surface area contributed by atoms with Gasteiger partial charge in [-0.25, -0.2) is 19.3 Å². The van der Waals surface area contributed by atoms with Crippen LogP contribution in [0.5, 0.6) is 0 Å². The van der Waals surface area contributed by atoms with Gasteiger partial charge in [0.25, 0.3) is 5.56 Å². The van der Waals surface area contributed by atoms with Gasteiger partial charge in [-0.05, 0) is 32.0 Å².